The molecular weight excluding hydrogens is 112 g/mol. The van der Waals surface area contributed by atoms with Gasteiger partial charge in [0, 0.05) is 5.92 Å². The van der Waals surface area contributed by atoms with E-state index in [2.05, 4.69) is 6.92 Å². The van der Waals surface area contributed by atoms with E-state index in [9.17, 15) is 4.79 Å². The summed E-state index contributed by atoms with van der Waals surface area (Å²) < 4.78 is 0. The quantitative estimate of drug-likeness (QED) is 0.481. The van der Waals surface area contributed by atoms with E-state index in [-0.39, 0.29) is 11.7 Å². The van der Waals surface area contributed by atoms with Crippen LogP contribution < -0.4 is 0 Å². The Morgan fingerprint density at radius 3 is 2.67 bits per heavy atom. The fourth-order valence-electron chi connectivity index (χ4n) is 1.04. The average Bonchev–Trinajstić information content (AvgIpc) is 1.83. The molecule has 0 spiro atoms. The summed E-state index contributed by atoms with van der Waals surface area (Å²) in [6, 6.07) is 0. The predicted molar refractivity (Wildman–Crippen MR) is 37.1 cm³/mol. The zero-order chi connectivity index (χ0) is 6.85. The first kappa shape index (κ1) is 6.53. The molecule has 0 radical (unpaired) electrons. The van der Waals surface area contributed by atoms with Crippen LogP contribution in [0.5, 0.6) is 0 Å². The molecule has 0 aliphatic heterocycles. The van der Waals surface area contributed by atoms with Gasteiger partial charge in [-0.05, 0) is 18.4 Å². The van der Waals surface area contributed by atoms with E-state index >= 15 is 0 Å². The summed E-state index contributed by atoms with van der Waals surface area (Å²) in [6.07, 6.45) is 4.73. The van der Waals surface area contributed by atoms with Gasteiger partial charge in [-0.25, -0.2) is 0 Å². The van der Waals surface area contributed by atoms with Crippen molar-refractivity contribution in [3.05, 3.63) is 12.2 Å². The van der Waals surface area contributed by atoms with E-state index in [0.717, 1.165) is 6.42 Å². The van der Waals surface area contributed by atoms with Crippen LogP contribution in [0.3, 0.4) is 0 Å². The smallest absolute Gasteiger partial charge is 0.158 e. The van der Waals surface area contributed by atoms with Crippen LogP contribution in [0.1, 0.15) is 20.3 Å². The summed E-state index contributed by atoms with van der Waals surface area (Å²) in [5.41, 5.74) is 0. The van der Waals surface area contributed by atoms with Gasteiger partial charge in [-0.15, -0.1) is 0 Å². The molecule has 1 heteroatoms. The van der Waals surface area contributed by atoms with Gasteiger partial charge in [-0.1, -0.05) is 19.9 Å². The number of hydrogen-bond acceptors (Lipinski definition) is 1. The second-order valence-electron chi connectivity index (χ2n) is 2.81. The van der Waals surface area contributed by atoms with Crippen LogP contribution in [0, 0.1) is 11.8 Å². The van der Waals surface area contributed by atoms with Crippen molar-refractivity contribution in [2.75, 3.05) is 0 Å². The third-order valence-corrected chi connectivity index (χ3v) is 2.09. The van der Waals surface area contributed by atoms with E-state index in [1.165, 1.54) is 0 Å². The minimum atomic E-state index is 0.245. The number of carbonyl (C=O) groups is 1. The third-order valence-electron chi connectivity index (χ3n) is 2.09. The second kappa shape index (κ2) is 2.34. The first-order valence-corrected chi connectivity index (χ1v) is 3.42. The molecule has 1 rings (SSSR count). The predicted octanol–water partition coefficient (Wildman–Crippen LogP) is 1.79. The Balaban J connectivity index is 2.69. The van der Waals surface area contributed by atoms with Crippen molar-refractivity contribution >= 4 is 5.78 Å². The molecule has 0 saturated carbocycles. The zero-order valence-electron chi connectivity index (χ0n) is 5.92. The standard InChI is InChI=1S/C8H12O/c1-6-4-3-5-8(9)7(6)2/h3,5-7H,4H2,1-2H3/t6-,7-/m0/s1. The number of rotatable bonds is 0. The highest BCUT2D eigenvalue weighted by molar-refractivity contribution is 5.92. The molecule has 0 fully saturated rings. The molecule has 2 atom stereocenters. The molecule has 1 nitrogen and oxygen atoms in total. The van der Waals surface area contributed by atoms with Crippen LogP contribution in [0.2, 0.25) is 0 Å². The summed E-state index contributed by atoms with van der Waals surface area (Å²) in [7, 11) is 0. The molecule has 0 aromatic rings. The van der Waals surface area contributed by atoms with E-state index < -0.39 is 0 Å². The minimum absolute atomic E-state index is 0.245. The molecule has 50 valence electrons. The maximum absolute atomic E-state index is 10.9. The highest BCUT2D eigenvalue weighted by Gasteiger charge is 2.19. The molecule has 1 aliphatic rings. The molecule has 0 unspecified atom stereocenters. The largest absolute Gasteiger partial charge is 0.295 e. The minimum Gasteiger partial charge on any atom is -0.295 e. The lowest BCUT2D eigenvalue weighted by Crippen LogP contribution is -2.19. The van der Waals surface area contributed by atoms with Gasteiger partial charge in [0.1, 0.15) is 0 Å². The van der Waals surface area contributed by atoms with Gasteiger partial charge < -0.3 is 0 Å². The van der Waals surface area contributed by atoms with Crippen LogP contribution in [0.25, 0.3) is 0 Å². The van der Waals surface area contributed by atoms with Crippen LogP contribution in [0.4, 0.5) is 0 Å². The molecule has 0 bridgehead atoms. The molecule has 0 aromatic carbocycles. The van der Waals surface area contributed by atoms with Gasteiger partial charge in [0.25, 0.3) is 0 Å². The van der Waals surface area contributed by atoms with Crippen molar-refractivity contribution in [1.82, 2.24) is 0 Å². The van der Waals surface area contributed by atoms with Crippen LogP contribution in [0.15, 0.2) is 12.2 Å². The summed E-state index contributed by atoms with van der Waals surface area (Å²) in [5, 5.41) is 0. The molecule has 0 amide bonds. The lowest BCUT2D eigenvalue weighted by Gasteiger charge is -2.18. The van der Waals surface area contributed by atoms with Gasteiger partial charge >= 0.3 is 0 Å². The highest BCUT2D eigenvalue weighted by Crippen LogP contribution is 2.20. The number of allylic oxidation sites excluding steroid dienone is 2. The van der Waals surface area contributed by atoms with Gasteiger partial charge in [0.05, 0.1) is 0 Å². The molecule has 0 saturated heterocycles. The van der Waals surface area contributed by atoms with Crippen molar-refractivity contribution < 1.29 is 4.79 Å². The SMILES string of the molecule is C[C@@H]1C(=O)C=CC[C@@H]1C. The first-order valence-electron chi connectivity index (χ1n) is 3.42. The lowest BCUT2D eigenvalue weighted by atomic mass is 9.85. The van der Waals surface area contributed by atoms with Crippen LogP contribution in [-0.2, 0) is 4.79 Å². The molecule has 0 aromatic heterocycles. The van der Waals surface area contributed by atoms with Crippen LogP contribution >= 0.6 is 0 Å². The Morgan fingerprint density at radius 1 is 1.56 bits per heavy atom. The number of carbonyl (C=O) groups excluding carboxylic acids is 1. The lowest BCUT2D eigenvalue weighted by molar-refractivity contribution is -0.119. The monoisotopic (exact) mass is 124 g/mol. The van der Waals surface area contributed by atoms with Crippen molar-refractivity contribution in [2.24, 2.45) is 11.8 Å². The molecule has 1 aliphatic carbocycles. The number of ketones is 1. The Morgan fingerprint density at radius 2 is 2.22 bits per heavy atom. The van der Waals surface area contributed by atoms with Gasteiger partial charge in [0.2, 0.25) is 0 Å². The normalized spacial score (nSPS) is 35.1. The summed E-state index contributed by atoms with van der Waals surface area (Å²) >= 11 is 0. The maximum atomic E-state index is 10.9. The van der Waals surface area contributed by atoms with Gasteiger partial charge in [-0.3, -0.25) is 4.79 Å². The Bertz CT molecular complexity index is 147. The summed E-state index contributed by atoms with van der Waals surface area (Å²) in [5.74, 6) is 1.08. The van der Waals surface area contributed by atoms with Crippen molar-refractivity contribution in [3.63, 3.8) is 0 Å². The summed E-state index contributed by atoms with van der Waals surface area (Å²) in [4.78, 5) is 10.9. The topological polar surface area (TPSA) is 17.1 Å². The first-order chi connectivity index (χ1) is 4.22. The van der Waals surface area contributed by atoms with Crippen molar-refractivity contribution in [3.8, 4) is 0 Å². The number of hydrogen-bond donors (Lipinski definition) is 0. The molecular formula is C8H12O. The van der Waals surface area contributed by atoms with E-state index in [0.29, 0.717) is 5.92 Å². The van der Waals surface area contributed by atoms with E-state index in [4.69, 9.17) is 0 Å². The Labute approximate surface area is 55.8 Å². The molecule has 0 N–H and O–H groups in total. The average molecular weight is 124 g/mol. The Kier molecular flexibility index (Phi) is 1.70. The van der Waals surface area contributed by atoms with Gasteiger partial charge in [0.15, 0.2) is 5.78 Å². The van der Waals surface area contributed by atoms with E-state index in [1.54, 1.807) is 6.08 Å². The third kappa shape index (κ3) is 1.21. The second-order valence-corrected chi connectivity index (χ2v) is 2.81. The van der Waals surface area contributed by atoms with Crippen molar-refractivity contribution in [2.45, 2.75) is 20.3 Å². The fourth-order valence-corrected chi connectivity index (χ4v) is 1.04. The Hall–Kier alpha value is -0.590. The van der Waals surface area contributed by atoms with Gasteiger partial charge in [-0.2, -0.15) is 0 Å². The summed E-state index contributed by atoms with van der Waals surface area (Å²) in [6.45, 7) is 4.11. The zero-order valence-corrected chi connectivity index (χ0v) is 5.92. The molecule has 0 heterocycles. The van der Waals surface area contributed by atoms with Crippen molar-refractivity contribution in [1.29, 1.82) is 0 Å². The molecule has 9 heavy (non-hydrogen) atoms. The fraction of sp³-hybridized carbons (Fsp3) is 0.625. The highest BCUT2D eigenvalue weighted by atomic mass is 16.1. The van der Waals surface area contributed by atoms with E-state index in [1.807, 2.05) is 13.0 Å². The maximum Gasteiger partial charge on any atom is 0.158 e. The van der Waals surface area contributed by atoms with Crippen LogP contribution in [-0.4, -0.2) is 5.78 Å².